The predicted molar refractivity (Wildman–Crippen MR) is 84.3 cm³/mol. The topological polar surface area (TPSA) is 80.5 Å². The third-order valence-electron chi connectivity index (χ3n) is 2.83. The SMILES string of the molecule is CCN(CC(C)C)C(=O)c1c(Cl)ccc(S(N)(=O)=O)c1Cl. The fourth-order valence-corrected chi connectivity index (χ4v) is 3.37. The zero-order valence-electron chi connectivity index (χ0n) is 12.1. The van der Waals surface area contributed by atoms with Crippen LogP contribution in [-0.2, 0) is 10.0 Å². The number of benzene rings is 1. The Labute approximate surface area is 135 Å². The average molecular weight is 353 g/mol. The van der Waals surface area contributed by atoms with Gasteiger partial charge in [-0.2, -0.15) is 0 Å². The number of rotatable bonds is 5. The van der Waals surface area contributed by atoms with Gasteiger partial charge in [-0.05, 0) is 25.0 Å². The first kappa shape index (κ1) is 18.2. The van der Waals surface area contributed by atoms with Crippen molar-refractivity contribution in [1.82, 2.24) is 4.90 Å². The van der Waals surface area contributed by atoms with Crippen LogP contribution in [0.5, 0.6) is 0 Å². The highest BCUT2D eigenvalue weighted by molar-refractivity contribution is 7.89. The minimum atomic E-state index is -4.02. The quantitative estimate of drug-likeness (QED) is 0.884. The van der Waals surface area contributed by atoms with Crippen LogP contribution < -0.4 is 5.14 Å². The second-order valence-electron chi connectivity index (χ2n) is 5.02. The second-order valence-corrected chi connectivity index (χ2v) is 7.33. The van der Waals surface area contributed by atoms with Gasteiger partial charge in [0.2, 0.25) is 10.0 Å². The van der Waals surface area contributed by atoms with Crippen LogP contribution in [0.1, 0.15) is 31.1 Å². The number of primary sulfonamides is 1. The summed E-state index contributed by atoms with van der Waals surface area (Å²) in [5.74, 6) is -0.153. The molecule has 0 unspecified atom stereocenters. The summed E-state index contributed by atoms with van der Waals surface area (Å²) < 4.78 is 23.0. The smallest absolute Gasteiger partial charge is 0.256 e. The van der Waals surface area contributed by atoms with E-state index >= 15 is 0 Å². The molecule has 0 radical (unpaired) electrons. The van der Waals surface area contributed by atoms with Gasteiger partial charge in [-0.3, -0.25) is 4.79 Å². The van der Waals surface area contributed by atoms with Gasteiger partial charge in [0.25, 0.3) is 5.91 Å². The number of hydrogen-bond acceptors (Lipinski definition) is 3. The molecule has 0 aliphatic carbocycles. The van der Waals surface area contributed by atoms with E-state index in [0.29, 0.717) is 13.1 Å². The van der Waals surface area contributed by atoms with Gasteiger partial charge in [0, 0.05) is 13.1 Å². The predicted octanol–water partition coefficient (Wildman–Crippen LogP) is 2.76. The van der Waals surface area contributed by atoms with Crippen LogP contribution in [0, 0.1) is 5.92 Å². The van der Waals surface area contributed by atoms with Crippen molar-refractivity contribution in [2.45, 2.75) is 25.7 Å². The molecule has 0 bridgehead atoms. The molecular weight excluding hydrogens is 335 g/mol. The Morgan fingerprint density at radius 2 is 1.90 bits per heavy atom. The largest absolute Gasteiger partial charge is 0.339 e. The van der Waals surface area contributed by atoms with Crippen molar-refractivity contribution in [2.75, 3.05) is 13.1 Å². The first-order valence-electron chi connectivity index (χ1n) is 6.39. The molecule has 0 atom stereocenters. The second kappa shape index (κ2) is 6.96. The molecule has 0 saturated carbocycles. The minimum Gasteiger partial charge on any atom is -0.339 e. The molecule has 1 rings (SSSR count). The molecule has 118 valence electrons. The van der Waals surface area contributed by atoms with Crippen molar-refractivity contribution in [3.05, 3.63) is 27.7 Å². The Morgan fingerprint density at radius 3 is 2.33 bits per heavy atom. The van der Waals surface area contributed by atoms with Gasteiger partial charge in [-0.15, -0.1) is 0 Å². The molecule has 0 fully saturated rings. The molecule has 8 heteroatoms. The number of hydrogen-bond donors (Lipinski definition) is 1. The van der Waals surface area contributed by atoms with E-state index in [1.165, 1.54) is 12.1 Å². The third-order valence-corrected chi connectivity index (χ3v) is 4.60. The number of nitrogens with two attached hydrogens (primary N) is 1. The summed E-state index contributed by atoms with van der Waals surface area (Å²) >= 11 is 12.1. The lowest BCUT2D eigenvalue weighted by Gasteiger charge is -2.24. The van der Waals surface area contributed by atoms with Crippen molar-refractivity contribution in [1.29, 1.82) is 0 Å². The van der Waals surface area contributed by atoms with Gasteiger partial charge in [0.1, 0.15) is 4.90 Å². The zero-order chi connectivity index (χ0) is 16.4. The summed E-state index contributed by atoms with van der Waals surface area (Å²) in [6.45, 7) is 6.75. The minimum absolute atomic E-state index is 0.0349. The highest BCUT2D eigenvalue weighted by Gasteiger charge is 2.25. The highest BCUT2D eigenvalue weighted by atomic mass is 35.5. The standard InChI is InChI=1S/C13H18Cl2N2O3S/c1-4-17(7-8(2)3)13(18)11-9(14)5-6-10(12(11)15)21(16,19)20/h5-6,8H,4,7H2,1-3H3,(H2,16,19,20). The lowest BCUT2D eigenvalue weighted by atomic mass is 10.1. The van der Waals surface area contributed by atoms with Crippen molar-refractivity contribution >= 4 is 39.1 Å². The van der Waals surface area contributed by atoms with Gasteiger partial charge >= 0.3 is 0 Å². The molecule has 0 aliphatic heterocycles. The molecule has 5 nitrogen and oxygen atoms in total. The monoisotopic (exact) mass is 352 g/mol. The summed E-state index contributed by atoms with van der Waals surface area (Å²) in [4.78, 5) is 13.8. The number of halogens is 2. The summed E-state index contributed by atoms with van der Waals surface area (Å²) in [5, 5.41) is 4.94. The maximum absolute atomic E-state index is 12.6. The van der Waals surface area contributed by atoms with Crippen LogP contribution in [0.25, 0.3) is 0 Å². The molecule has 0 spiro atoms. The molecule has 1 aromatic rings. The van der Waals surface area contributed by atoms with E-state index in [1.54, 1.807) is 4.90 Å². The van der Waals surface area contributed by atoms with Gasteiger partial charge in [-0.25, -0.2) is 13.6 Å². The number of carbonyl (C=O) groups excluding carboxylic acids is 1. The molecule has 0 saturated heterocycles. The van der Waals surface area contributed by atoms with Crippen molar-refractivity contribution < 1.29 is 13.2 Å². The average Bonchev–Trinajstić information content (AvgIpc) is 2.33. The molecule has 21 heavy (non-hydrogen) atoms. The Balaban J connectivity index is 3.39. The summed E-state index contributed by atoms with van der Waals surface area (Å²) in [7, 11) is -4.02. The zero-order valence-corrected chi connectivity index (χ0v) is 14.4. The Hall–Kier alpha value is -0.820. The van der Waals surface area contributed by atoms with E-state index in [-0.39, 0.29) is 26.4 Å². The highest BCUT2D eigenvalue weighted by Crippen LogP contribution is 2.31. The number of sulfonamides is 1. The van der Waals surface area contributed by atoms with E-state index in [4.69, 9.17) is 28.3 Å². The van der Waals surface area contributed by atoms with Crippen LogP contribution >= 0.6 is 23.2 Å². The maximum Gasteiger partial charge on any atom is 0.256 e. The van der Waals surface area contributed by atoms with Gasteiger partial charge in [0.15, 0.2) is 0 Å². The van der Waals surface area contributed by atoms with Gasteiger partial charge in [-0.1, -0.05) is 37.0 Å². The van der Waals surface area contributed by atoms with Crippen LogP contribution in [-0.4, -0.2) is 32.3 Å². The lowest BCUT2D eigenvalue weighted by molar-refractivity contribution is 0.0746. The summed E-state index contributed by atoms with van der Waals surface area (Å²) in [5.41, 5.74) is -0.0349. The summed E-state index contributed by atoms with van der Waals surface area (Å²) in [6.07, 6.45) is 0. The molecule has 1 aromatic carbocycles. The third kappa shape index (κ3) is 4.32. The molecule has 0 aromatic heterocycles. The molecule has 0 heterocycles. The number of nitrogens with zero attached hydrogens (tertiary/aromatic N) is 1. The summed E-state index contributed by atoms with van der Waals surface area (Å²) in [6, 6.07) is 2.50. The molecule has 0 aliphatic rings. The van der Waals surface area contributed by atoms with Gasteiger partial charge in [0.05, 0.1) is 15.6 Å². The van der Waals surface area contributed by atoms with Gasteiger partial charge < -0.3 is 4.90 Å². The molecule has 1 amide bonds. The Kier molecular flexibility index (Phi) is 6.04. The van der Waals surface area contributed by atoms with Crippen LogP contribution in [0.2, 0.25) is 10.0 Å². The lowest BCUT2D eigenvalue weighted by Crippen LogP contribution is -2.34. The van der Waals surface area contributed by atoms with E-state index in [9.17, 15) is 13.2 Å². The molecule has 2 N–H and O–H groups in total. The first-order chi connectivity index (χ1) is 9.59. The molecular formula is C13H18Cl2N2O3S. The van der Waals surface area contributed by atoms with Crippen molar-refractivity contribution in [3.8, 4) is 0 Å². The first-order valence-corrected chi connectivity index (χ1v) is 8.69. The fraction of sp³-hybridized carbons (Fsp3) is 0.462. The Bertz CT molecular complexity index is 645. The van der Waals surface area contributed by atoms with Crippen LogP contribution in [0.3, 0.4) is 0 Å². The van der Waals surface area contributed by atoms with E-state index in [2.05, 4.69) is 0 Å². The van der Waals surface area contributed by atoms with E-state index in [1.807, 2.05) is 20.8 Å². The van der Waals surface area contributed by atoms with Crippen LogP contribution in [0.15, 0.2) is 17.0 Å². The van der Waals surface area contributed by atoms with Crippen LogP contribution in [0.4, 0.5) is 0 Å². The number of amides is 1. The maximum atomic E-state index is 12.6. The van der Waals surface area contributed by atoms with Crippen molar-refractivity contribution in [3.63, 3.8) is 0 Å². The fourth-order valence-electron chi connectivity index (χ4n) is 1.90. The normalized spacial score (nSPS) is 11.8. The van der Waals surface area contributed by atoms with E-state index < -0.39 is 15.9 Å². The Morgan fingerprint density at radius 1 is 1.33 bits per heavy atom. The van der Waals surface area contributed by atoms with E-state index in [0.717, 1.165) is 0 Å². The van der Waals surface area contributed by atoms with Crippen molar-refractivity contribution in [2.24, 2.45) is 11.1 Å². The number of carbonyl (C=O) groups is 1.